The molecular weight excluding hydrogens is 230 g/mol. The molecule has 0 aromatic rings. The van der Waals surface area contributed by atoms with Gasteiger partial charge in [0.25, 0.3) is 0 Å². The molecule has 2 heterocycles. The maximum atomic E-state index is 12.3. The zero-order valence-corrected chi connectivity index (χ0v) is 12.2. The molecule has 0 spiro atoms. The number of epoxide rings is 1. The molecule has 0 aromatic carbocycles. The summed E-state index contributed by atoms with van der Waals surface area (Å²) in [5, 5.41) is 0. The molecule has 2 saturated heterocycles. The fourth-order valence-electron chi connectivity index (χ4n) is 2.54. The molecule has 4 heteroatoms. The molecule has 2 atom stereocenters. The molecule has 104 valence electrons. The van der Waals surface area contributed by atoms with Crippen LogP contribution in [-0.4, -0.2) is 41.9 Å². The summed E-state index contributed by atoms with van der Waals surface area (Å²) in [5.74, 6) is 0. The molecule has 1 amide bonds. The molecule has 0 radical (unpaired) electrons. The van der Waals surface area contributed by atoms with E-state index in [0.29, 0.717) is 0 Å². The second-order valence-electron chi connectivity index (χ2n) is 7.25. The van der Waals surface area contributed by atoms with Gasteiger partial charge < -0.3 is 14.4 Å². The maximum Gasteiger partial charge on any atom is 0.410 e. The number of amides is 1. The van der Waals surface area contributed by atoms with Gasteiger partial charge in [0, 0.05) is 6.54 Å². The van der Waals surface area contributed by atoms with Crippen molar-refractivity contribution in [1.82, 2.24) is 4.90 Å². The van der Waals surface area contributed by atoms with Crippen LogP contribution in [0.5, 0.6) is 0 Å². The summed E-state index contributed by atoms with van der Waals surface area (Å²) in [4.78, 5) is 14.2. The van der Waals surface area contributed by atoms with Crippen molar-refractivity contribution in [3.05, 3.63) is 0 Å². The van der Waals surface area contributed by atoms with E-state index in [1.54, 1.807) is 0 Å². The highest BCUT2D eigenvalue weighted by Gasteiger charge is 2.45. The van der Waals surface area contributed by atoms with Crippen LogP contribution in [0.25, 0.3) is 0 Å². The Morgan fingerprint density at radius 1 is 1.39 bits per heavy atom. The zero-order chi connectivity index (χ0) is 13.6. The Kier molecular flexibility index (Phi) is 3.34. The van der Waals surface area contributed by atoms with E-state index in [1.165, 1.54) is 0 Å². The minimum absolute atomic E-state index is 0.169. The molecule has 0 bridgehead atoms. The van der Waals surface area contributed by atoms with Crippen molar-refractivity contribution in [2.75, 3.05) is 13.2 Å². The summed E-state index contributed by atoms with van der Waals surface area (Å²) in [5.41, 5.74) is -0.268. The Balaban J connectivity index is 2.07. The molecule has 0 saturated carbocycles. The van der Waals surface area contributed by atoms with E-state index >= 15 is 0 Å². The first-order valence-electron chi connectivity index (χ1n) is 6.79. The molecule has 2 aliphatic rings. The number of ether oxygens (including phenoxy) is 2. The van der Waals surface area contributed by atoms with E-state index in [1.807, 2.05) is 25.7 Å². The summed E-state index contributed by atoms with van der Waals surface area (Å²) in [6, 6.07) is 0.202. The Morgan fingerprint density at radius 2 is 2.00 bits per heavy atom. The highest BCUT2D eigenvalue weighted by Crippen LogP contribution is 2.37. The van der Waals surface area contributed by atoms with E-state index in [0.717, 1.165) is 26.0 Å². The number of rotatable bonds is 1. The summed E-state index contributed by atoms with van der Waals surface area (Å²) in [7, 11) is 0. The lowest BCUT2D eigenvalue weighted by molar-refractivity contribution is -0.0119. The predicted molar refractivity (Wildman–Crippen MR) is 69.5 cm³/mol. The van der Waals surface area contributed by atoms with Crippen molar-refractivity contribution in [1.29, 1.82) is 0 Å². The fourth-order valence-corrected chi connectivity index (χ4v) is 2.54. The van der Waals surface area contributed by atoms with Crippen LogP contribution < -0.4 is 0 Å². The SMILES string of the molecule is CC1(C)CCC([C@@H]2CO2)N(C(=O)OC(C)(C)C)C1. The average molecular weight is 255 g/mol. The Labute approximate surface area is 110 Å². The lowest BCUT2D eigenvalue weighted by Crippen LogP contribution is -2.53. The molecule has 0 aliphatic carbocycles. The lowest BCUT2D eigenvalue weighted by Gasteiger charge is -2.43. The third kappa shape index (κ3) is 3.37. The number of likely N-dealkylation sites (tertiary alicyclic amines) is 1. The van der Waals surface area contributed by atoms with Crippen LogP contribution in [0.2, 0.25) is 0 Å². The van der Waals surface area contributed by atoms with Gasteiger partial charge in [0.15, 0.2) is 0 Å². The van der Waals surface area contributed by atoms with Gasteiger partial charge >= 0.3 is 6.09 Å². The predicted octanol–water partition coefficient (Wildman–Crippen LogP) is 2.81. The highest BCUT2D eigenvalue weighted by molar-refractivity contribution is 5.69. The topological polar surface area (TPSA) is 42.1 Å². The van der Waals surface area contributed by atoms with Crippen molar-refractivity contribution in [2.24, 2.45) is 5.41 Å². The average Bonchev–Trinajstić information content (AvgIpc) is 2.97. The van der Waals surface area contributed by atoms with Gasteiger partial charge in [0.2, 0.25) is 0 Å². The first-order chi connectivity index (χ1) is 8.18. The molecule has 2 rings (SSSR count). The van der Waals surface area contributed by atoms with Crippen LogP contribution in [-0.2, 0) is 9.47 Å². The third-order valence-corrected chi connectivity index (χ3v) is 3.53. The third-order valence-electron chi connectivity index (χ3n) is 3.53. The molecule has 18 heavy (non-hydrogen) atoms. The van der Waals surface area contributed by atoms with Gasteiger partial charge in [-0.3, -0.25) is 0 Å². The van der Waals surface area contributed by atoms with Gasteiger partial charge in [0.1, 0.15) is 11.7 Å². The van der Waals surface area contributed by atoms with Crippen molar-refractivity contribution >= 4 is 6.09 Å². The Hall–Kier alpha value is -0.770. The van der Waals surface area contributed by atoms with Gasteiger partial charge in [-0.2, -0.15) is 0 Å². The van der Waals surface area contributed by atoms with Crippen LogP contribution in [0.1, 0.15) is 47.5 Å². The molecule has 2 aliphatic heterocycles. The van der Waals surface area contributed by atoms with Gasteiger partial charge in [-0.25, -0.2) is 4.79 Å². The zero-order valence-electron chi connectivity index (χ0n) is 12.2. The molecule has 4 nitrogen and oxygen atoms in total. The van der Waals surface area contributed by atoms with Crippen molar-refractivity contribution in [2.45, 2.75) is 65.2 Å². The Morgan fingerprint density at radius 3 is 2.50 bits per heavy atom. The smallest absolute Gasteiger partial charge is 0.410 e. The monoisotopic (exact) mass is 255 g/mol. The van der Waals surface area contributed by atoms with Crippen molar-refractivity contribution in [3.63, 3.8) is 0 Å². The maximum absolute atomic E-state index is 12.3. The van der Waals surface area contributed by atoms with Gasteiger partial charge in [-0.15, -0.1) is 0 Å². The second-order valence-corrected chi connectivity index (χ2v) is 7.25. The lowest BCUT2D eigenvalue weighted by atomic mass is 9.81. The largest absolute Gasteiger partial charge is 0.444 e. The standard InChI is InChI=1S/C14H25NO3/c1-13(2,3)18-12(16)15-9-14(4,5)7-6-10(15)11-8-17-11/h10-11H,6-9H2,1-5H3/t10?,11-/m0/s1. The molecule has 0 N–H and O–H groups in total. The Bertz CT molecular complexity index is 328. The molecule has 2 fully saturated rings. The quantitative estimate of drug-likeness (QED) is 0.677. The molecule has 0 aromatic heterocycles. The minimum Gasteiger partial charge on any atom is -0.444 e. The van der Waals surface area contributed by atoms with E-state index in [2.05, 4.69) is 13.8 Å². The summed E-state index contributed by atoms with van der Waals surface area (Å²) in [6.07, 6.45) is 2.18. The van der Waals surface area contributed by atoms with Crippen molar-refractivity contribution < 1.29 is 14.3 Å². The van der Waals surface area contributed by atoms with Crippen LogP contribution in [0.3, 0.4) is 0 Å². The first-order valence-corrected chi connectivity index (χ1v) is 6.79. The van der Waals surface area contributed by atoms with E-state index in [9.17, 15) is 4.79 Å². The summed E-state index contributed by atoms with van der Waals surface area (Å²) < 4.78 is 10.9. The van der Waals surface area contributed by atoms with E-state index < -0.39 is 5.60 Å². The van der Waals surface area contributed by atoms with Crippen molar-refractivity contribution in [3.8, 4) is 0 Å². The minimum atomic E-state index is -0.437. The number of nitrogens with zero attached hydrogens (tertiary/aromatic N) is 1. The summed E-state index contributed by atoms with van der Waals surface area (Å²) >= 11 is 0. The van der Waals surface area contributed by atoms with Gasteiger partial charge in [0.05, 0.1) is 12.6 Å². The summed E-state index contributed by atoms with van der Waals surface area (Å²) in [6.45, 7) is 11.7. The highest BCUT2D eigenvalue weighted by atomic mass is 16.6. The molecular formula is C14H25NO3. The molecule has 1 unspecified atom stereocenters. The van der Waals surface area contributed by atoms with Gasteiger partial charge in [-0.1, -0.05) is 13.8 Å². The van der Waals surface area contributed by atoms with Crippen LogP contribution in [0.15, 0.2) is 0 Å². The number of carbonyl (C=O) groups is 1. The number of hydrogen-bond donors (Lipinski definition) is 0. The van der Waals surface area contributed by atoms with Crippen LogP contribution in [0.4, 0.5) is 4.79 Å². The number of carbonyl (C=O) groups excluding carboxylic acids is 1. The van der Waals surface area contributed by atoms with Crippen LogP contribution in [0, 0.1) is 5.41 Å². The van der Waals surface area contributed by atoms with Crippen LogP contribution >= 0.6 is 0 Å². The normalized spacial score (nSPS) is 31.1. The number of hydrogen-bond acceptors (Lipinski definition) is 3. The second kappa shape index (κ2) is 4.41. The first kappa shape index (κ1) is 13.7. The van der Waals surface area contributed by atoms with E-state index in [4.69, 9.17) is 9.47 Å². The fraction of sp³-hybridized carbons (Fsp3) is 0.929. The number of piperidine rings is 1. The van der Waals surface area contributed by atoms with Gasteiger partial charge in [-0.05, 0) is 39.0 Å². The van der Waals surface area contributed by atoms with E-state index in [-0.39, 0.29) is 23.7 Å².